The summed E-state index contributed by atoms with van der Waals surface area (Å²) in [5, 5.41) is 8.65. The van der Waals surface area contributed by atoms with E-state index < -0.39 is 10.0 Å². The third-order valence-electron chi connectivity index (χ3n) is 3.41. The third kappa shape index (κ3) is 4.53. The fourth-order valence-electron chi connectivity index (χ4n) is 1.97. The van der Waals surface area contributed by atoms with Crippen LogP contribution in [0.25, 0.3) is 0 Å². The summed E-state index contributed by atoms with van der Waals surface area (Å²) in [4.78, 5) is 0.251. The van der Waals surface area contributed by atoms with E-state index in [2.05, 4.69) is 0 Å². The van der Waals surface area contributed by atoms with Crippen LogP contribution in [0.4, 0.5) is 0 Å². The molecule has 116 valence electrons. The maximum absolute atomic E-state index is 12.7. The van der Waals surface area contributed by atoms with E-state index in [1.165, 1.54) is 4.31 Å². The van der Waals surface area contributed by atoms with Crippen molar-refractivity contribution in [2.45, 2.75) is 37.6 Å². The molecule has 0 amide bonds. The van der Waals surface area contributed by atoms with Gasteiger partial charge in [-0.25, -0.2) is 8.42 Å². The number of nitriles is 1. The Kier molecular flexibility index (Phi) is 6.82. The highest BCUT2D eigenvalue weighted by Gasteiger charge is 2.27. The van der Waals surface area contributed by atoms with Crippen molar-refractivity contribution in [3.05, 3.63) is 29.8 Å². The Morgan fingerprint density at radius 2 is 1.95 bits per heavy atom. The molecular weight excluding hydrogens is 288 g/mol. The van der Waals surface area contributed by atoms with Crippen molar-refractivity contribution >= 4 is 10.0 Å². The Balaban J connectivity index is 3.07. The molecule has 1 aromatic carbocycles. The zero-order valence-corrected chi connectivity index (χ0v) is 13.6. The number of hydrogen-bond donors (Lipinski definition) is 0. The summed E-state index contributed by atoms with van der Waals surface area (Å²) < 4.78 is 31.9. The van der Waals surface area contributed by atoms with Crippen molar-refractivity contribution in [2.24, 2.45) is 0 Å². The van der Waals surface area contributed by atoms with Crippen LogP contribution in [0.2, 0.25) is 0 Å². The lowest BCUT2D eigenvalue weighted by Crippen LogP contribution is -2.40. The van der Waals surface area contributed by atoms with Crippen LogP contribution >= 0.6 is 0 Å². The fourth-order valence-corrected chi connectivity index (χ4v) is 3.66. The minimum absolute atomic E-state index is 0.0936. The molecule has 1 atom stereocenters. The predicted octanol–water partition coefficient (Wildman–Crippen LogP) is 2.19. The van der Waals surface area contributed by atoms with E-state index >= 15 is 0 Å². The van der Waals surface area contributed by atoms with Gasteiger partial charge < -0.3 is 4.74 Å². The van der Waals surface area contributed by atoms with Gasteiger partial charge in [0.25, 0.3) is 0 Å². The molecule has 1 rings (SSSR count). The normalized spacial score (nSPS) is 13.1. The molecule has 0 fully saturated rings. The minimum Gasteiger partial charge on any atom is -0.383 e. The van der Waals surface area contributed by atoms with Gasteiger partial charge in [-0.2, -0.15) is 9.57 Å². The van der Waals surface area contributed by atoms with Gasteiger partial charge in [-0.1, -0.05) is 19.1 Å². The van der Waals surface area contributed by atoms with Crippen LogP contribution < -0.4 is 0 Å². The lowest BCUT2D eigenvalue weighted by molar-refractivity contribution is 0.167. The van der Waals surface area contributed by atoms with Crippen molar-refractivity contribution in [2.75, 3.05) is 20.3 Å². The second kappa shape index (κ2) is 8.13. The first-order valence-electron chi connectivity index (χ1n) is 6.94. The van der Waals surface area contributed by atoms with Crippen molar-refractivity contribution in [1.82, 2.24) is 4.31 Å². The minimum atomic E-state index is -3.55. The largest absolute Gasteiger partial charge is 0.383 e. The highest BCUT2D eigenvalue weighted by molar-refractivity contribution is 7.89. The van der Waals surface area contributed by atoms with Crippen molar-refractivity contribution in [3.63, 3.8) is 0 Å². The average Bonchev–Trinajstić information content (AvgIpc) is 2.48. The van der Waals surface area contributed by atoms with Crippen molar-refractivity contribution < 1.29 is 13.2 Å². The number of nitrogens with zero attached hydrogens (tertiary/aromatic N) is 2. The maximum atomic E-state index is 12.7. The topological polar surface area (TPSA) is 70.4 Å². The quantitative estimate of drug-likeness (QED) is 0.738. The van der Waals surface area contributed by atoms with E-state index in [1.807, 2.05) is 19.9 Å². The number of ether oxygens (including phenoxy) is 1. The summed E-state index contributed by atoms with van der Waals surface area (Å²) in [6.07, 6.45) is 1.01. The molecule has 21 heavy (non-hydrogen) atoms. The molecule has 0 saturated carbocycles. The van der Waals surface area contributed by atoms with Gasteiger partial charge in [0, 0.05) is 19.7 Å². The number of benzene rings is 1. The Morgan fingerprint density at radius 1 is 1.33 bits per heavy atom. The first-order valence-corrected chi connectivity index (χ1v) is 8.38. The summed E-state index contributed by atoms with van der Waals surface area (Å²) in [5.74, 6) is 0. The molecule has 0 spiro atoms. The molecule has 0 bridgehead atoms. The Bertz CT molecular complexity index is 576. The zero-order chi connectivity index (χ0) is 15.9. The Labute approximate surface area is 127 Å². The predicted molar refractivity (Wildman–Crippen MR) is 81.3 cm³/mol. The summed E-state index contributed by atoms with van der Waals surface area (Å²) in [7, 11) is -1.99. The van der Waals surface area contributed by atoms with E-state index in [0.29, 0.717) is 13.2 Å². The monoisotopic (exact) mass is 310 g/mol. The summed E-state index contributed by atoms with van der Waals surface area (Å²) in [5.41, 5.74) is 0.809. The van der Waals surface area contributed by atoms with Crippen LogP contribution in [0.5, 0.6) is 0 Å². The van der Waals surface area contributed by atoms with Crippen LogP contribution in [-0.4, -0.2) is 39.0 Å². The van der Waals surface area contributed by atoms with Crippen molar-refractivity contribution in [1.29, 1.82) is 5.26 Å². The fraction of sp³-hybridized carbons (Fsp3) is 0.533. The van der Waals surface area contributed by atoms with Gasteiger partial charge in [0.1, 0.15) is 0 Å². The van der Waals surface area contributed by atoms with E-state index in [9.17, 15) is 8.42 Å². The molecule has 0 aromatic heterocycles. The standard InChI is InChI=1S/C15H22N2O3S/c1-4-13(2)17(11-12-20-3)21(18,19)15-7-5-14(6-8-15)9-10-16/h5-8,13H,4,9,11-12H2,1-3H3. The first-order chi connectivity index (χ1) is 9.97. The highest BCUT2D eigenvalue weighted by Crippen LogP contribution is 2.20. The first kappa shape index (κ1) is 17.6. The highest BCUT2D eigenvalue weighted by atomic mass is 32.2. The molecule has 1 unspecified atom stereocenters. The lowest BCUT2D eigenvalue weighted by atomic mass is 10.2. The van der Waals surface area contributed by atoms with Crippen LogP contribution in [0.15, 0.2) is 29.2 Å². The van der Waals surface area contributed by atoms with Gasteiger partial charge in [-0.15, -0.1) is 0 Å². The molecule has 0 aliphatic carbocycles. The van der Waals surface area contributed by atoms with Gasteiger partial charge in [0.15, 0.2) is 0 Å². The van der Waals surface area contributed by atoms with Gasteiger partial charge in [-0.3, -0.25) is 0 Å². The molecule has 5 nitrogen and oxygen atoms in total. The third-order valence-corrected chi connectivity index (χ3v) is 5.44. The summed E-state index contributed by atoms with van der Waals surface area (Å²) >= 11 is 0. The molecule has 6 heteroatoms. The lowest BCUT2D eigenvalue weighted by Gasteiger charge is -2.27. The molecule has 1 aromatic rings. The second-order valence-corrected chi connectivity index (χ2v) is 6.74. The average molecular weight is 310 g/mol. The molecule has 0 radical (unpaired) electrons. The number of sulfonamides is 1. The zero-order valence-electron chi connectivity index (χ0n) is 12.7. The number of hydrogen-bond acceptors (Lipinski definition) is 4. The molecule has 0 aliphatic heterocycles. The summed E-state index contributed by atoms with van der Waals surface area (Å²) in [6.45, 7) is 4.52. The number of rotatable bonds is 8. The second-order valence-electron chi connectivity index (χ2n) is 4.84. The Morgan fingerprint density at radius 3 is 2.43 bits per heavy atom. The SMILES string of the molecule is CCC(C)N(CCOC)S(=O)(=O)c1ccc(CC#N)cc1. The molecular formula is C15H22N2O3S. The van der Waals surface area contributed by atoms with Crippen LogP contribution in [-0.2, 0) is 21.2 Å². The van der Waals surface area contributed by atoms with E-state index in [0.717, 1.165) is 12.0 Å². The molecule has 0 aliphatic rings. The smallest absolute Gasteiger partial charge is 0.243 e. The molecule has 0 saturated heterocycles. The van der Waals surface area contributed by atoms with E-state index in [-0.39, 0.29) is 17.4 Å². The van der Waals surface area contributed by atoms with Crippen LogP contribution in [0.3, 0.4) is 0 Å². The van der Waals surface area contributed by atoms with E-state index in [4.69, 9.17) is 10.00 Å². The van der Waals surface area contributed by atoms with Gasteiger partial charge in [0.05, 0.1) is 24.0 Å². The molecule has 0 heterocycles. The maximum Gasteiger partial charge on any atom is 0.243 e. The van der Waals surface area contributed by atoms with Gasteiger partial charge in [-0.05, 0) is 31.0 Å². The summed E-state index contributed by atoms with van der Waals surface area (Å²) in [6, 6.07) is 8.43. The Hall–Kier alpha value is -1.42. The molecule has 0 N–H and O–H groups in total. The van der Waals surface area contributed by atoms with Gasteiger partial charge >= 0.3 is 0 Å². The van der Waals surface area contributed by atoms with E-state index in [1.54, 1.807) is 31.4 Å². The van der Waals surface area contributed by atoms with Crippen LogP contribution in [0.1, 0.15) is 25.8 Å². The number of methoxy groups -OCH3 is 1. The van der Waals surface area contributed by atoms with Gasteiger partial charge in [0.2, 0.25) is 10.0 Å². The van der Waals surface area contributed by atoms with Crippen molar-refractivity contribution in [3.8, 4) is 6.07 Å². The van der Waals surface area contributed by atoms with Crippen LogP contribution in [0, 0.1) is 11.3 Å².